The van der Waals surface area contributed by atoms with Gasteiger partial charge in [-0.15, -0.1) is 0 Å². The van der Waals surface area contributed by atoms with E-state index in [4.69, 9.17) is 16.3 Å². The van der Waals surface area contributed by atoms with Gasteiger partial charge in [0.25, 0.3) is 0 Å². The Hall–Kier alpha value is -4.36. The van der Waals surface area contributed by atoms with Crippen LogP contribution < -0.4 is 10.6 Å². The number of benzene rings is 1. The number of phenols is 1. The van der Waals surface area contributed by atoms with E-state index in [1.807, 2.05) is 32.6 Å². The number of nitrogens with zero attached hydrogens (tertiary/aromatic N) is 6. The SMILES string of the molecule is CC(C)c1nccc(CCCO)c1-n1c(=O)nc(N2C[C@H](C)N(C(=O)OC(C)(C)C)C[C@@H]2C)c2cc(Cl)c(-c3c(F)ccc(F)c3O)nc21. The number of hydrogen-bond donors (Lipinski definition) is 2. The van der Waals surface area contributed by atoms with E-state index >= 15 is 4.39 Å². The number of rotatable bonds is 7. The van der Waals surface area contributed by atoms with Gasteiger partial charge in [-0.05, 0) is 83.2 Å². The maximum atomic E-state index is 15.3. The molecule has 0 aliphatic carbocycles. The van der Waals surface area contributed by atoms with Crippen LogP contribution >= 0.6 is 11.6 Å². The van der Waals surface area contributed by atoms with Crippen LogP contribution in [0.4, 0.5) is 19.4 Å². The van der Waals surface area contributed by atoms with Gasteiger partial charge in [-0.25, -0.2) is 27.9 Å². The smallest absolute Gasteiger partial charge is 0.410 e. The van der Waals surface area contributed by atoms with Crippen molar-refractivity contribution < 1.29 is 28.5 Å². The van der Waals surface area contributed by atoms with Gasteiger partial charge in [0.15, 0.2) is 17.2 Å². The average Bonchev–Trinajstić information content (AvgIpc) is 3.02. The molecule has 4 heterocycles. The summed E-state index contributed by atoms with van der Waals surface area (Å²) in [5.41, 5.74) is -0.581. The zero-order valence-electron chi connectivity index (χ0n) is 28.6. The van der Waals surface area contributed by atoms with E-state index in [-0.39, 0.29) is 59.9 Å². The van der Waals surface area contributed by atoms with Crippen molar-refractivity contribution in [2.24, 2.45) is 0 Å². The van der Waals surface area contributed by atoms with Gasteiger partial charge in [0.1, 0.15) is 17.2 Å². The molecule has 262 valence electrons. The highest BCUT2D eigenvalue weighted by Gasteiger charge is 2.37. The van der Waals surface area contributed by atoms with Crippen molar-refractivity contribution >= 4 is 34.5 Å². The van der Waals surface area contributed by atoms with Gasteiger partial charge in [-0.3, -0.25) is 4.98 Å². The number of aliphatic hydroxyl groups is 1. The molecule has 1 aliphatic heterocycles. The van der Waals surface area contributed by atoms with E-state index < -0.39 is 40.3 Å². The van der Waals surface area contributed by atoms with Gasteiger partial charge < -0.3 is 24.7 Å². The molecule has 2 atom stereocenters. The number of hydrogen-bond acceptors (Lipinski definition) is 9. The third-order valence-corrected chi connectivity index (χ3v) is 8.70. The zero-order valence-corrected chi connectivity index (χ0v) is 29.3. The Labute approximate surface area is 288 Å². The van der Waals surface area contributed by atoms with E-state index in [1.165, 1.54) is 10.6 Å². The lowest BCUT2D eigenvalue weighted by Crippen LogP contribution is -2.59. The molecular weight excluding hydrogens is 658 g/mol. The predicted molar refractivity (Wildman–Crippen MR) is 184 cm³/mol. The minimum Gasteiger partial charge on any atom is -0.504 e. The molecule has 0 spiro atoms. The summed E-state index contributed by atoms with van der Waals surface area (Å²) in [6, 6.07) is 4.17. The second-order valence-electron chi connectivity index (χ2n) is 13.7. The van der Waals surface area contributed by atoms with Crippen molar-refractivity contribution in [1.82, 2.24) is 24.4 Å². The first kappa shape index (κ1) is 35.9. The fraction of sp³-hybridized carbons (Fsp3) is 0.457. The highest BCUT2D eigenvalue weighted by Crippen LogP contribution is 2.40. The fourth-order valence-electron chi connectivity index (χ4n) is 6.13. The van der Waals surface area contributed by atoms with Gasteiger partial charge in [-0.1, -0.05) is 25.4 Å². The summed E-state index contributed by atoms with van der Waals surface area (Å²) < 4.78 is 36.7. The summed E-state index contributed by atoms with van der Waals surface area (Å²) in [4.78, 5) is 44.8. The zero-order chi connectivity index (χ0) is 35.9. The number of aromatic hydroxyl groups is 1. The van der Waals surface area contributed by atoms with Gasteiger partial charge >= 0.3 is 11.8 Å². The number of amides is 1. The van der Waals surface area contributed by atoms with Gasteiger partial charge in [0.05, 0.1) is 33.0 Å². The molecule has 14 heteroatoms. The third-order valence-electron chi connectivity index (χ3n) is 8.41. The van der Waals surface area contributed by atoms with Crippen LogP contribution in [0.5, 0.6) is 5.75 Å². The molecule has 2 N–H and O–H groups in total. The Morgan fingerprint density at radius 2 is 1.80 bits per heavy atom. The van der Waals surface area contributed by atoms with Crippen LogP contribution in [-0.2, 0) is 11.2 Å². The Morgan fingerprint density at radius 3 is 2.45 bits per heavy atom. The van der Waals surface area contributed by atoms with E-state index in [0.717, 1.165) is 12.1 Å². The lowest BCUT2D eigenvalue weighted by Gasteiger charge is -2.44. The molecule has 0 bridgehead atoms. The molecule has 1 amide bonds. The second-order valence-corrected chi connectivity index (χ2v) is 14.1. The number of aliphatic hydroxyl groups excluding tert-OH is 1. The van der Waals surface area contributed by atoms with E-state index in [2.05, 4.69) is 15.0 Å². The molecule has 1 aliphatic rings. The summed E-state index contributed by atoms with van der Waals surface area (Å²) in [5.74, 6) is -2.95. The topological polar surface area (TPSA) is 134 Å². The maximum Gasteiger partial charge on any atom is 0.410 e. The van der Waals surface area contributed by atoms with Crippen LogP contribution in [0.25, 0.3) is 28.0 Å². The van der Waals surface area contributed by atoms with Crippen molar-refractivity contribution in [2.75, 3.05) is 24.6 Å². The summed E-state index contributed by atoms with van der Waals surface area (Å²) in [6.45, 7) is 13.4. The van der Waals surface area contributed by atoms with Gasteiger partial charge in [0.2, 0.25) is 0 Å². The normalized spacial score (nSPS) is 16.9. The number of fused-ring (bicyclic) bond motifs is 1. The monoisotopic (exact) mass is 698 g/mol. The Balaban J connectivity index is 1.80. The molecule has 0 saturated carbocycles. The molecule has 5 rings (SSSR count). The highest BCUT2D eigenvalue weighted by atomic mass is 35.5. The summed E-state index contributed by atoms with van der Waals surface area (Å²) in [7, 11) is 0. The number of halogens is 3. The van der Waals surface area contributed by atoms with Gasteiger partial charge in [-0.2, -0.15) is 4.98 Å². The maximum absolute atomic E-state index is 15.3. The van der Waals surface area contributed by atoms with E-state index in [9.17, 15) is 24.2 Å². The number of ether oxygens (including phenoxy) is 1. The van der Waals surface area contributed by atoms with Crippen molar-refractivity contribution in [3.8, 4) is 22.7 Å². The average molecular weight is 699 g/mol. The molecule has 49 heavy (non-hydrogen) atoms. The highest BCUT2D eigenvalue weighted by molar-refractivity contribution is 6.34. The molecular formula is C35H41ClF2N6O5. The molecule has 4 aromatic rings. The third kappa shape index (κ3) is 7.04. The van der Waals surface area contributed by atoms with Crippen molar-refractivity contribution in [1.29, 1.82) is 0 Å². The summed E-state index contributed by atoms with van der Waals surface area (Å²) >= 11 is 6.75. The molecule has 0 unspecified atom stereocenters. The van der Waals surface area contributed by atoms with Crippen LogP contribution in [0.3, 0.4) is 0 Å². The fourth-order valence-corrected chi connectivity index (χ4v) is 6.37. The second kappa shape index (κ2) is 13.9. The van der Waals surface area contributed by atoms with E-state index in [1.54, 1.807) is 37.9 Å². The standard InChI is InChI=1S/C35H41ClF2N6O5/c1-18(2)27-29(21(9-8-14-45)12-13-39-27)44-32-22(15-23(36)28(40-32)26-24(37)10-11-25(38)30(26)46)31(41-33(44)47)42-16-20(4)43(17-19(42)3)34(48)49-35(5,6)7/h10-13,15,18-20,45-46H,8-9,14,16-17H2,1-7H3/t19-,20-/m0/s1. The predicted octanol–water partition coefficient (Wildman–Crippen LogP) is 6.36. The van der Waals surface area contributed by atoms with Crippen molar-refractivity contribution in [3.63, 3.8) is 0 Å². The quantitative estimate of drug-likeness (QED) is 0.226. The number of carbonyl (C=O) groups is 1. The number of anilines is 1. The number of aryl methyl sites for hydroxylation is 1. The van der Waals surface area contributed by atoms with E-state index in [0.29, 0.717) is 35.2 Å². The van der Waals surface area contributed by atoms with Crippen molar-refractivity contribution in [3.05, 3.63) is 68.9 Å². The lowest BCUT2D eigenvalue weighted by atomic mass is 10.0. The molecule has 3 aromatic heterocycles. The first-order valence-corrected chi connectivity index (χ1v) is 16.6. The first-order valence-electron chi connectivity index (χ1n) is 16.2. The minimum atomic E-state index is -1.08. The van der Waals surface area contributed by atoms with Crippen LogP contribution in [0.1, 0.15) is 72.1 Å². The molecule has 1 fully saturated rings. The van der Waals surface area contributed by atoms with Crippen LogP contribution in [0.2, 0.25) is 5.02 Å². The Bertz CT molecular complexity index is 1960. The first-order chi connectivity index (χ1) is 23.0. The Kier molecular flexibility index (Phi) is 10.2. The van der Waals surface area contributed by atoms with Crippen molar-refractivity contribution in [2.45, 2.75) is 84.9 Å². The minimum absolute atomic E-state index is 0.0204. The Morgan fingerprint density at radius 1 is 1.10 bits per heavy atom. The summed E-state index contributed by atoms with van der Waals surface area (Å²) in [5, 5.41) is 20.5. The molecule has 1 saturated heterocycles. The number of pyridine rings is 2. The number of piperazine rings is 1. The lowest BCUT2D eigenvalue weighted by molar-refractivity contribution is 0.0130. The van der Waals surface area contributed by atoms with Crippen LogP contribution in [0, 0.1) is 11.6 Å². The summed E-state index contributed by atoms with van der Waals surface area (Å²) in [6.07, 6.45) is 1.96. The van der Waals surface area contributed by atoms with Crippen LogP contribution in [-0.4, -0.2) is 78.1 Å². The van der Waals surface area contributed by atoms with Gasteiger partial charge in [0, 0.05) is 38.0 Å². The molecule has 0 radical (unpaired) electrons. The molecule has 11 nitrogen and oxygen atoms in total. The number of aromatic nitrogens is 4. The molecule has 1 aromatic carbocycles. The number of phenolic OH excluding ortho intramolecular Hbond substituents is 1. The van der Waals surface area contributed by atoms with Crippen LogP contribution in [0.15, 0.2) is 35.3 Å². The number of carbonyl (C=O) groups excluding carboxylic acids is 1. The largest absolute Gasteiger partial charge is 0.504 e.